The van der Waals surface area contributed by atoms with Gasteiger partial charge in [0.1, 0.15) is 5.82 Å². The molecule has 0 aromatic heterocycles. The van der Waals surface area contributed by atoms with E-state index in [1.165, 1.54) is 12.1 Å². The SMILES string of the molecule is CC(=CC(=O)N1CCC(CC(N)=O)CC1)c1ccccc1F. The lowest BCUT2D eigenvalue weighted by atomic mass is 9.93. The maximum atomic E-state index is 13.7. The highest BCUT2D eigenvalue weighted by Gasteiger charge is 2.23. The average Bonchev–Trinajstić information content (AvgIpc) is 2.47. The molecule has 1 saturated heterocycles. The largest absolute Gasteiger partial charge is 0.370 e. The Bertz CT molecular complexity index is 590. The molecule has 0 spiro atoms. The van der Waals surface area contributed by atoms with Crippen molar-refractivity contribution in [3.63, 3.8) is 0 Å². The quantitative estimate of drug-likeness (QED) is 0.868. The van der Waals surface area contributed by atoms with Crippen molar-refractivity contribution in [1.82, 2.24) is 4.90 Å². The Morgan fingerprint density at radius 1 is 1.32 bits per heavy atom. The van der Waals surface area contributed by atoms with Crippen LogP contribution < -0.4 is 5.73 Å². The molecule has 1 fully saturated rings. The van der Waals surface area contributed by atoms with Crippen LogP contribution in [0.1, 0.15) is 31.7 Å². The number of primary amides is 1. The van der Waals surface area contributed by atoms with Crippen molar-refractivity contribution in [3.8, 4) is 0 Å². The van der Waals surface area contributed by atoms with E-state index in [9.17, 15) is 14.0 Å². The Balaban J connectivity index is 1.97. The number of carbonyl (C=O) groups excluding carboxylic acids is 2. The van der Waals surface area contributed by atoms with Crippen LogP contribution in [0.5, 0.6) is 0 Å². The molecule has 22 heavy (non-hydrogen) atoms. The molecule has 2 N–H and O–H groups in total. The van der Waals surface area contributed by atoms with Crippen LogP contribution in [-0.4, -0.2) is 29.8 Å². The molecule has 0 bridgehead atoms. The van der Waals surface area contributed by atoms with Crippen molar-refractivity contribution in [2.75, 3.05) is 13.1 Å². The van der Waals surface area contributed by atoms with Gasteiger partial charge in [-0.25, -0.2) is 4.39 Å². The molecule has 0 aliphatic carbocycles. The van der Waals surface area contributed by atoms with Crippen molar-refractivity contribution >= 4 is 17.4 Å². The van der Waals surface area contributed by atoms with Crippen LogP contribution in [0.15, 0.2) is 30.3 Å². The van der Waals surface area contributed by atoms with Crippen LogP contribution in [0.2, 0.25) is 0 Å². The number of hydrogen-bond donors (Lipinski definition) is 1. The highest BCUT2D eigenvalue weighted by Crippen LogP contribution is 2.22. The van der Waals surface area contributed by atoms with Gasteiger partial charge in [0.05, 0.1) is 0 Å². The predicted octanol–water partition coefficient (Wildman–Crippen LogP) is 2.34. The van der Waals surface area contributed by atoms with Crippen LogP contribution in [0.3, 0.4) is 0 Å². The van der Waals surface area contributed by atoms with E-state index < -0.39 is 0 Å². The summed E-state index contributed by atoms with van der Waals surface area (Å²) in [5.74, 6) is -0.472. The van der Waals surface area contributed by atoms with Gasteiger partial charge in [0.25, 0.3) is 0 Å². The average molecular weight is 304 g/mol. The third-order valence-electron chi connectivity index (χ3n) is 4.05. The van der Waals surface area contributed by atoms with Crippen LogP contribution in [0.25, 0.3) is 5.57 Å². The van der Waals surface area contributed by atoms with E-state index in [0.29, 0.717) is 30.6 Å². The van der Waals surface area contributed by atoms with Crippen LogP contribution in [-0.2, 0) is 9.59 Å². The summed E-state index contributed by atoms with van der Waals surface area (Å²) in [7, 11) is 0. The number of allylic oxidation sites excluding steroid dienone is 1. The minimum atomic E-state index is -0.329. The molecule has 1 aromatic rings. The molecule has 1 heterocycles. The van der Waals surface area contributed by atoms with Crippen molar-refractivity contribution in [2.24, 2.45) is 11.7 Å². The lowest BCUT2D eigenvalue weighted by Crippen LogP contribution is -2.38. The van der Waals surface area contributed by atoms with E-state index in [1.54, 1.807) is 30.0 Å². The monoisotopic (exact) mass is 304 g/mol. The molecule has 5 heteroatoms. The number of benzene rings is 1. The summed E-state index contributed by atoms with van der Waals surface area (Å²) in [6.07, 6.45) is 3.42. The standard InChI is InChI=1S/C17H21FN2O2/c1-12(14-4-2-3-5-15(14)18)10-17(22)20-8-6-13(7-9-20)11-16(19)21/h2-5,10,13H,6-9,11H2,1H3,(H2,19,21). The molecular weight excluding hydrogens is 283 g/mol. The Kier molecular flexibility index (Phi) is 5.31. The molecule has 118 valence electrons. The topological polar surface area (TPSA) is 63.4 Å². The lowest BCUT2D eigenvalue weighted by Gasteiger charge is -2.31. The fourth-order valence-corrected chi connectivity index (χ4v) is 2.78. The van der Waals surface area contributed by atoms with Crippen molar-refractivity contribution < 1.29 is 14.0 Å². The van der Waals surface area contributed by atoms with Gasteiger partial charge in [-0.3, -0.25) is 9.59 Å². The number of likely N-dealkylation sites (tertiary alicyclic amines) is 1. The van der Waals surface area contributed by atoms with E-state index in [-0.39, 0.29) is 23.5 Å². The van der Waals surface area contributed by atoms with Crippen molar-refractivity contribution in [3.05, 3.63) is 41.7 Å². The number of nitrogens with zero attached hydrogens (tertiary/aromatic N) is 1. The molecular formula is C17H21FN2O2. The number of rotatable bonds is 4. The zero-order chi connectivity index (χ0) is 16.1. The van der Waals surface area contributed by atoms with Gasteiger partial charge in [-0.2, -0.15) is 0 Å². The predicted molar refractivity (Wildman–Crippen MR) is 83.2 cm³/mol. The van der Waals surface area contributed by atoms with Gasteiger partial charge in [-0.1, -0.05) is 18.2 Å². The van der Waals surface area contributed by atoms with Gasteiger partial charge in [-0.15, -0.1) is 0 Å². The molecule has 0 unspecified atom stereocenters. The first kappa shape index (κ1) is 16.2. The summed E-state index contributed by atoms with van der Waals surface area (Å²) in [6.45, 7) is 2.95. The summed E-state index contributed by atoms with van der Waals surface area (Å²) in [4.78, 5) is 24.9. The van der Waals surface area contributed by atoms with Crippen LogP contribution in [0.4, 0.5) is 4.39 Å². The molecule has 2 amide bonds. The number of hydrogen-bond acceptors (Lipinski definition) is 2. The Hall–Kier alpha value is -2.17. The van der Waals surface area contributed by atoms with E-state index in [2.05, 4.69) is 0 Å². The second-order valence-corrected chi connectivity index (χ2v) is 5.75. The Morgan fingerprint density at radius 3 is 2.55 bits per heavy atom. The second kappa shape index (κ2) is 7.20. The zero-order valence-corrected chi connectivity index (χ0v) is 12.7. The molecule has 4 nitrogen and oxygen atoms in total. The van der Waals surface area contributed by atoms with Gasteiger partial charge in [0.15, 0.2) is 0 Å². The Morgan fingerprint density at radius 2 is 1.95 bits per heavy atom. The van der Waals surface area contributed by atoms with Gasteiger partial charge in [0, 0.05) is 31.1 Å². The lowest BCUT2D eigenvalue weighted by molar-refractivity contribution is -0.127. The van der Waals surface area contributed by atoms with E-state index in [1.807, 2.05) is 0 Å². The smallest absolute Gasteiger partial charge is 0.246 e. The maximum Gasteiger partial charge on any atom is 0.246 e. The van der Waals surface area contributed by atoms with Gasteiger partial charge >= 0.3 is 0 Å². The van der Waals surface area contributed by atoms with Crippen LogP contribution >= 0.6 is 0 Å². The first-order valence-corrected chi connectivity index (χ1v) is 7.47. The third kappa shape index (κ3) is 4.16. The molecule has 0 atom stereocenters. The molecule has 2 rings (SSSR count). The fraction of sp³-hybridized carbons (Fsp3) is 0.412. The molecule has 0 saturated carbocycles. The van der Waals surface area contributed by atoms with Gasteiger partial charge in [0.2, 0.25) is 11.8 Å². The third-order valence-corrected chi connectivity index (χ3v) is 4.05. The number of nitrogens with two attached hydrogens (primary N) is 1. The zero-order valence-electron chi connectivity index (χ0n) is 12.7. The second-order valence-electron chi connectivity index (χ2n) is 5.75. The summed E-state index contributed by atoms with van der Waals surface area (Å²) in [5, 5.41) is 0. The minimum Gasteiger partial charge on any atom is -0.370 e. The van der Waals surface area contributed by atoms with E-state index in [4.69, 9.17) is 5.73 Å². The number of carbonyl (C=O) groups is 2. The maximum absolute atomic E-state index is 13.7. The minimum absolute atomic E-state index is 0.113. The van der Waals surface area contributed by atoms with Crippen molar-refractivity contribution in [2.45, 2.75) is 26.2 Å². The summed E-state index contributed by atoms with van der Waals surface area (Å²) < 4.78 is 13.7. The van der Waals surface area contributed by atoms with E-state index in [0.717, 1.165) is 12.8 Å². The summed E-state index contributed by atoms with van der Waals surface area (Å²) >= 11 is 0. The number of piperidine rings is 1. The summed E-state index contributed by atoms with van der Waals surface area (Å²) in [6, 6.07) is 6.41. The highest BCUT2D eigenvalue weighted by atomic mass is 19.1. The highest BCUT2D eigenvalue weighted by molar-refractivity contribution is 5.95. The molecule has 1 aliphatic rings. The van der Waals surface area contributed by atoms with Crippen LogP contribution in [0, 0.1) is 11.7 Å². The van der Waals surface area contributed by atoms with Gasteiger partial charge < -0.3 is 10.6 Å². The first-order valence-electron chi connectivity index (χ1n) is 7.47. The fourth-order valence-electron chi connectivity index (χ4n) is 2.78. The first-order chi connectivity index (χ1) is 10.5. The number of amides is 2. The van der Waals surface area contributed by atoms with E-state index >= 15 is 0 Å². The number of halogens is 1. The molecule has 1 aliphatic heterocycles. The normalized spacial score (nSPS) is 16.6. The van der Waals surface area contributed by atoms with Gasteiger partial charge in [-0.05, 0) is 37.3 Å². The Labute approximate surface area is 129 Å². The van der Waals surface area contributed by atoms with Crippen molar-refractivity contribution in [1.29, 1.82) is 0 Å². The summed E-state index contributed by atoms with van der Waals surface area (Å²) in [5.41, 5.74) is 6.25. The molecule has 0 radical (unpaired) electrons. The molecule has 1 aromatic carbocycles.